The second-order valence-electron chi connectivity index (χ2n) is 4.02. The van der Waals surface area contributed by atoms with E-state index in [1.165, 1.54) is 12.1 Å². The van der Waals surface area contributed by atoms with Crippen molar-refractivity contribution >= 4 is 5.69 Å². The quantitative estimate of drug-likeness (QED) is 0.784. The van der Waals surface area contributed by atoms with Crippen LogP contribution in [0.15, 0.2) is 24.5 Å². The van der Waals surface area contributed by atoms with Crippen LogP contribution in [0.4, 0.5) is 10.1 Å². The Morgan fingerprint density at radius 3 is 2.94 bits per heavy atom. The maximum absolute atomic E-state index is 13.2. The maximum Gasteiger partial charge on any atom is 0.166 e. The van der Waals surface area contributed by atoms with Crippen LogP contribution in [0, 0.1) is 5.82 Å². The molecule has 1 aliphatic rings. The van der Waals surface area contributed by atoms with Gasteiger partial charge in [-0.15, -0.1) is 10.2 Å². The van der Waals surface area contributed by atoms with Gasteiger partial charge in [0, 0.05) is 17.3 Å². The van der Waals surface area contributed by atoms with Crippen LogP contribution in [0.25, 0.3) is 11.4 Å². The smallest absolute Gasteiger partial charge is 0.166 e. The van der Waals surface area contributed by atoms with Crippen LogP contribution in [0.3, 0.4) is 0 Å². The minimum Gasteiger partial charge on any atom is -0.398 e. The zero-order valence-corrected chi connectivity index (χ0v) is 8.60. The zero-order valence-electron chi connectivity index (χ0n) is 8.60. The molecule has 1 aromatic heterocycles. The third-order valence-corrected chi connectivity index (χ3v) is 2.77. The van der Waals surface area contributed by atoms with Crippen molar-refractivity contribution in [2.75, 3.05) is 5.73 Å². The second kappa shape index (κ2) is 3.30. The van der Waals surface area contributed by atoms with Crippen LogP contribution >= 0.6 is 0 Å². The fourth-order valence-corrected chi connectivity index (χ4v) is 1.78. The summed E-state index contributed by atoms with van der Waals surface area (Å²) in [7, 11) is 0. The molecule has 0 aliphatic heterocycles. The van der Waals surface area contributed by atoms with Gasteiger partial charge in [0.25, 0.3) is 0 Å². The molecule has 0 spiro atoms. The van der Waals surface area contributed by atoms with Crippen molar-refractivity contribution in [2.24, 2.45) is 0 Å². The number of hydrogen-bond donors (Lipinski definition) is 1. The molecule has 1 saturated carbocycles. The Labute approximate surface area is 91.9 Å². The summed E-state index contributed by atoms with van der Waals surface area (Å²) in [5.74, 6) is 0.342. The van der Waals surface area contributed by atoms with E-state index in [1.807, 2.05) is 4.57 Å². The number of hydrogen-bond acceptors (Lipinski definition) is 3. The van der Waals surface area contributed by atoms with Crippen LogP contribution in [0.5, 0.6) is 0 Å². The van der Waals surface area contributed by atoms with Gasteiger partial charge in [-0.3, -0.25) is 0 Å². The molecule has 0 radical (unpaired) electrons. The van der Waals surface area contributed by atoms with Gasteiger partial charge in [0.1, 0.15) is 12.1 Å². The first kappa shape index (κ1) is 9.33. The highest BCUT2D eigenvalue weighted by Gasteiger charge is 2.27. The van der Waals surface area contributed by atoms with E-state index in [4.69, 9.17) is 5.73 Å². The van der Waals surface area contributed by atoms with Gasteiger partial charge in [0.05, 0.1) is 0 Å². The summed E-state index contributed by atoms with van der Waals surface area (Å²) in [4.78, 5) is 0. The standard InChI is InChI=1S/C11H11FN4/c12-7-1-4-10(13)9(5-7)11-15-14-6-16(11)8-2-3-8/h1,4-6,8H,2-3,13H2. The molecule has 0 amide bonds. The first-order chi connectivity index (χ1) is 7.75. The lowest BCUT2D eigenvalue weighted by molar-refractivity contribution is 0.628. The van der Waals surface area contributed by atoms with Crippen molar-refractivity contribution in [3.63, 3.8) is 0 Å². The molecule has 0 bridgehead atoms. The molecule has 1 aromatic carbocycles. The van der Waals surface area contributed by atoms with Gasteiger partial charge in [0.2, 0.25) is 0 Å². The van der Waals surface area contributed by atoms with E-state index in [1.54, 1.807) is 12.4 Å². The predicted octanol–water partition coefficient (Wildman–Crippen LogP) is 2.00. The minimum absolute atomic E-state index is 0.311. The van der Waals surface area contributed by atoms with Crippen LogP contribution < -0.4 is 5.73 Å². The average molecular weight is 218 g/mol. The molecule has 82 valence electrons. The predicted molar refractivity (Wildman–Crippen MR) is 58.1 cm³/mol. The number of aromatic nitrogens is 3. The maximum atomic E-state index is 13.2. The number of nitrogens with two attached hydrogens (primary N) is 1. The molecule has 2 aromatic rings. The molecule has 2 N–H and O–H groups in total. The van der Waals surface area contributed by atoms with E-state index in [-0.39, 0.29) is 5.82 Å². The molecule has 1 aliphatic carbocycles. The summed E-state index contributed by atoms with van der Waals surface area (Å²) in [5, 5.41) is 7.88. The third kappa shape index (κ3) is 1.44. The van der Waals surface area contributed by atoms with Gasteiger partial charge >= 0.3 is 0 Å². The van der Waals surface area contributed by atoms with Crippen molar-refractivity contribution in [3.8, 4) is 11.4 Å². The van der Waals surface area contributed by atoms with E-state index in [0.717, 1.165) is 12.8 Å². The summed E-state index contributed by atoms with van der Waals surface area (Å²) in [6.45, 7) is 0. The molecule has 0 unspecified atom stereocenters. The molecule has 0 atom stereocenters. The summed E-state index contributed by atoms with van der Waals surface area (Å²) < 4.78 is 15.1. The van der Waals surface area contributed by atoms with E-state index >= 15 is 0 Å². The first-order valence-electron chi connectivity index (χ1n) is 5.20. The van der Waals surface area contributed by atoms with Crippen LogP contribution in [-0.2, 0) is 0 Å². The Bertz CT molecular complexity index is 531. The molecule has 1 heterocycles. The lowest BCUT2D eigenvalue weighted by Crippen LogP contribution is -1.99. The molecule has 3 rings (SSSR count). The number of nitrogen functional groups attached to an aromatic ring is 1. The number of anilines is 1. The molecular weight excluding hydrogens is 207 g/mol. The Hall–Kier alpha value is -1.91. The van der Waals surface area contributed by atoms with Crippen molar-refractivity contribution < 1.29 is 4.39 Å². The number of halogens is 1. The summed E-state index contributed by atoms with van der Waals surface area (Å²) >= 11 is 0. The average Bonchev–Trinajstić information content (AvgIpc) is 3.01. The van der Waals surface area contributed by atoms with Crippen LogP contribution in [0.1, 0.15) is 18.9 Å². The Morgan fingerprint density at radius 2 is 2.19 bits per heavy atom. The van der Waals surface area contributed by atoms with Gasteiger partial charge in [-0.25, -0.2) is 4.39 Å². The summed E-state index contributed by atoms with van der Waals surface area (Å²) in [6, 6.07) is 4.75. The third-order valence-electron chi connectivity index (χ3n) is 2.77. The van der Waals surface area contributed by atoms with E-state index in [0.29, 0.717) is 23.1 Å². The number of benzene rings is 1. The van der Waals surface area contributed by atoms with E-state index in [2.05, 4.69) is 10.2 Å². The van der Waals surface area contributed by atoms with Crippen molar-refractivity contribution in [2.45, 2.75) is 18.9 Å². The Morgan fingerprint density at radius 1 is 1.38 bits per heavy atom. The van der Waals surface area contributed by atoms with Crippen LogP contribution in [-0.4, -0.2) is 14.8 Å². The summed E-state index contributed by atoms with van der Waals surface area (Å²) in [6.07, 6.45) is 3.93. The second-order valence-corrected chi connectivity index (χ2v) is 4.02. The Kier molecular flexibility index (Phi) is 1.92. The van der Waals surface area contributed by atoms with Gasteiger partial charge in [0.15, 0.2) is 5.82 Å². The Balaban J connectivity index is 2.13. The fourth-order valence-electron chi connectivity index (χ4n) is 1.78. The van der Waals surface area contributed by atoms with Gasteiger partial charge < -0.3 is 10.3 Å². The topological polar surface area (TPSA) is 56.7 Å². The van der Waals surface area contributed by atoms with E-state index < -0.39 is 0 Å². The highest BCUT2D eigenvalue weighted by Crippen LogP contribution is 2.38. The highest BCUT2D eigenvalue weighted by molar-refractivity contribution is 5.71. The number of nitrogens with zero attached hydrogens (tertiary/aromatic N) is 3. The van der Waals surface area contributed by atoms with Gasteiger partial charge in [-0.2, -0.15) is 0 Å². The molecule has 5 heteroatoms. The molecule has 0 saturated heterocycles. The van der Waals surface area contributed by atoms with Crippen molar-refractivity contribution in [3.05, 3.63) is 30.3 Å². The number of rotatable bonds is 2. The molecule has 16 heavy (non-hydrogen) atoms. The minimum atomic E-state index is -0.311. The lowest BCUT2D eigenvalue weighted by Gasteiger charge is -2.07. The summed E-state index contributed by atoms with van der Waals surface area (Å²) in [5.41, 5.74) is 6.96. The lowest BCUT2D eigenvalue weighted by atomic mass is 10.1. The highest BCUT2D eigenvalue weighted by atomic mass is 19.1. The molecular formula is C11H11FN4. The van der Waals surface area contributed by atoms with Crippen LogP contribution in [0.2, 0.25) is 0 Å². The zero-order chi connectivity index (χ0) is 11.1. The normalized spacial score (nSPS) is 15.3. The van der Waals surface area contributed by atoms with Crippen molar-refractivity contribution in [1.82, 2.24) is 14.8 Å². The SMILES string of the molecule is Nc1ccc(F)cc1-c1nncn1C1CC1. The van der Waals surface area contributed by atoms with E-state index in [9.17, 15) is 4.39 Å². The fraction of sp³-hybridized carbons (Fsp3) is 0.273. The molecule has 4 nitrogen and oxygen atoms in total. The monoisotopic (exact) mass is 218 g/mol. The van der Waals surface area contributed by atoms with Gasteiger partial charge in [-0.05, 0) is 31.0 Å². The van der Waals surface area contributed by atoms with Gasteiger partial charge in [-0.1, -0.05) is 0 Å². The van der Waals surface area contributed by atoms with Crippen molar-refractivity contribution in [1.29, 1.82) is 0 Å². The molecule has 1 fully saturated rings. The first-order valence-corrected chi connectivity index (χ1v) is 5.20. The largest absolute Gasteiger partial charge is 0.398 e.